The number of nitrogens with one attached hydrogen (secondary N) is 1. The zero-order chi connectivity index (χ0) is 13.9. The van der Waals surface area contributed by atoms with E-state index in [1.54, 1.807) is 11.3 Å². The highest BCUT2D eigenvalue weighted by Gasteiger charge is 2.09. The molecule has 102 valence electrons. The zero-order valence-electron chi connectivity index (χ0n) is 11.3. The van der Waals surface area contributed by atoms with E-state index in [1.807, 2.05) is 6.07 Å². The second kappa shape index (κ2) is 5.86. The summed E-state index contributed by atoms with van der Waals surface area (Å²) in [5.41, 5.74) is 2.54. The number of halogens is 1. The van der Waals surface area contributed by atoms with E-state index in [0.29, 0.717) is 0 Å². The van der Waals surface area contributed by atoms with Gasteiger partial charge in [0.25, 0.3) is 0 Å². The number of thiophene rings is 1. The van der Waals surface area contributed by atoms with Crippen LogP contribution in [0.3, 0.4) is 0 Å². The standard InChI is InChI=1S/C17H16ClNS/c1-2-12-7-3-5-9-14(12)19-11-16-17(18)13-8-4-6-10-15(13)20-16/h3-10,19H,2,11H2,1H3. The van der Waals surface area contributed by atoms with E-state index in [1.165, 1.54) is 20.8 Å². The van der Waals surface area contributed by atoms with Gasteiger partial charge in [0.2, 0.25) is 0 Å². The average molecular weight is 302 g/mol. The number of hydrogen-bond donors (Lipinski definition) is 1. The summed E-state index contributed by atoms with van der Waals surface area (Å²) in [6.45, 7) is 2.95. The first-order valence-electron chi connectivity index (χ1n) is 6.77. The molecule has 1 aromatic heterocycles. The number of anilines is 1. The van der Waals surface area contributed by atoms with Crippen LogP contribution in [0, 0.1) is 0 Å². The highest BCUT2D eigenvalue weighted by atomic mass is 35.5. The molecule has 3 aromatic rings. The smallest absolute Gasteiger partial charge is 0.0642 e. The van der Waals surface area contributed by atoms with Crippen molar-refractivity contribution in [3.8, 4) is 0 Å². The van der Waals surface area contributed by atoms with Crippen LogP contribution in [0.15, 0.2) is 48.5 Å². The topological polar surface area (TPSA) is 12.0 Å². The van der Waals surface area contributed by atoms with Gasteiger partial charge in [0, 0.05) is 20.7 Å². The molecule has 3 rings (SSSR count). The van der Waals surface area contributed by atoms with Gasteiger partial charge in [0.15, 0.2) is 0 Å². The van der Waals surface area contributed by atoms with Crippen molar-refractivity contribution in [1.82, 2.24) is 0 Å². The minimum Gasteiger partial charge on any atom is -0.380 e. The van der Waals surface area contributed by atoms with Gasteiger partial charge in [-0.05, 0) is 24.1 Å². The van der Waals surface area contributed by atoms with Gasteiger partial charge in [0.05, 0.1) is 11.6 Å². The van der Waals surface area contributed by atoms with Gasteiger partial charge >= 0.3 is 0 Å². The van der Waals surface area contributed by atoms with E-state index in [-0.39, 0.29) is 0 Å². The molecule has 1 N–H and O–H groups in total. The summed E-state index contributed by atoms with van der Waals surface area (Å²) in [7, 11) is 0. The predicted molar refractivity (Wildman–Crippen MR) is 90.0 cm³/mol. The summed E-state index contributed by atoms with van der Waals surface area (Å²) in [5, 5.41) is 5.54. The summed E-state index contributed by atoms with van der Waals surface area (Å²) < 4.78 is 1.25. The number of benzene rings is 2. The van der Waals surface area contributed by atoms with Crippen LogP contribution < -0.4 is 5.32 Å². The van der Waals surface area contributed by atoms with Gasteiger partial charge in [-0.2, -0.15) is 0 Å². The summed E-state index contributed by atoms with van der Waals surface area (Å²) >= 11 is 8.23. The van der Waals surface area contributed by atoms with Crippen molar-refractivity contribution in [2.75, 3.05) is 5.32 Å². The van der Waals surface area contributed by atoms with E-state index in [4.69, 9.17) is 11.6 Å². The van der Waals surface area contributed by atoms with Gasteiger partial charge in [-0.1, -0.05) is 54.9 Å². The largest absolute Gasteiger partial charge is 0.380 e. The molecule has 0 atom stereocenters. The fourth-order valence-corrected chi connectivity index (χ4v) is 3.79. The molecule has 0 unspecified atom stereocenters. The molecule has 1 nitrogen and oxygen atoms in total. The van der Waals surface area contributed by atoms with Gasteiger partial charge in [0.1, 0.15) is 0 Å². The Labute approximate surface area is 128 Å². The maximum absolute atomic E-state index is 6.47. The Morgan fingerprint density at radius 3 is 2.60 bits per heavy atom. The van der Waals surface area contributed by atoms with Crippen LogP contribution in [0.5, 0.6) is 0 Å². The van der Waals surface area contributed by atoms with Crippen LogP contribution in [0.2, 0.25) is 5.02 Å². The quantitative estimate of drug-likeness (QED) is 0.649. The van der Waals surface area contributed by atoms with Crippen molar-refractivity contribution in [2.24, 2.45) is 0 Å². The Kier molecular flexibility index (Phi) is 3.95. The van der Waals surface area contributed by atoms with Crippen LogP contribution in [0.1, 0.15) is 17.4 Å². The summed E-state index contributed by atoms with van der Waals surface area (Å²) in [6, 6.07) is 16.7. The van der Waals surface area contributed by atoms with E-state index in [2.05, 4.69) is 54.7 Å². The first kappa shape index (κ1) is 13.5. The monoisotopic (exact) mass is 301 g/mol. The van der Waals surface area contributed by atoms with Crippen LogP contribution in [-0.4, -0.2) is 0 Å². The van der Waals surface area contributed by atoms with E-state index < -0.39 is 0 Å². The normalized spacial score (nSPS) is 10.9. The highest BCUT2D eigenvalue weighted by Crippen LogP contribution is 2.35. The molecule has 0 saturated heterocycles. The molecule has 0 spiro atoms. The van der Waals surface area contributed by atoms with Crippen molar-refractivity contribution in [1.29, 1.82) is 0 Å². The lowest BCUT2D eigenvalue weighted by atomic mass is 10.1. The molecule has 0 bridgehead atoms. The van der Waals surface area contributed by atoms with Gasteiger partial charge in [-0.25, -0.2) is 0 Å². The molecule has 0 fully saturated rings. The highest BCUT2D eigenvalue weighted by molar-refractivity contribution is 7.19. The third-order valence-corrected chi connectivity index (χ3v) is 5.15. The van der Waals surface area contributed by atoms with Gasteiger partial charge in [-0.15, -0.1) is 11.3 Å². The Bertz CT molecular complexity index is 733. The molecular weight excluding hydrogens is 286 g/mol. The van der Waals surface area contributed by atoms with E-state index in [9.17, 15) is 0 Å². The molecule has 0 radical (unpaired) electrons. The molecule has 20 heavy (non-hydrogen) atoms. The van der Waals surface area contributed by atoms with Crippen molar-refractivity contribution >= 4 is 38.7 Å². The second-order valence-corrected chi connectivity index (χ2v) is 6.21. The SMILES string of the molecule is CCc1ccccc1NCc1sc2ccccc2c1Cl. The van der Waals surface area contributed by atoms with Crippen LogP contribution >= 0.6 is 22.9 Å². The first-order valence-corrected chi connectivity index (χ1v) is 7.96. The molecule has 3 heteroatoms. The van der Waals surface area contributed by atoms with Crippen LogP contribution in [0.4, 0.5) is 5.69 Å². The molecule has 0 aliphatic rings. The minimum atomic E-state index is 0.773. The summed E-state index contributed by atoms with van der Waals surface area (Å²) in [5.74, 6) is 0. The molecule has 0 aliphatic heterocycles. The molecule has 2 aromatic carbocycles. The maximum atomic E-state index is 6.47. The third-order valence-electron chi connectivity index (χ3n) is 3.44. The van der Waals surface area contributed by atoms with Crippen LogP contribution in [0.25, 0.3) is 10.1 Å². The summed E-state index contributed by atoms with van der Waals surface area (Å²) in [6.07, 6.45) is 1.03. The lowest BCUT2D eigenvalue weighted by Gasteiger charge is -2.10. The summed E-state index contributed by atoms with van der Waals surface area (Å²) in [4.78, 5) is 1.19. The number of fused-ring (bicyclic) bond motifs is 1. The van der Waals surface area contributed by atoms with E-state index in [0.717, 1.165) is 23.4 Å². The Hall–Kier alpha value is -1.51. The third kappa shape index (κ3) is 2.54. The number of rotatable bonds is 4. The van der Waals surface area contributed by atoms with Gasteiger partial charge in [-0.3, -0.25) is 0 Å². The van der Waals surface area contributed by atoms with Gasteiger partial charge < -0.3 is 5.32 Å². The van der Waals surface area contributed by atoms with Crippen molar-refractivity contribution < 1.29 is 0 Å². The van der Waals surface area contributed by atoms with Crippen molar-refractivity contribution in [2.45, 2.75) is 19.9 Å². The Morgan fingerprint density at radius 2 is 1.80 bits per heavy atom. The molecule has 0 saturated carbocycles. The lowest BCUT2D eigenvalue weighted by molar-refractivity contribution is 1.11. The molecule has 1 heterocycles. The first-order chi connectivity index (χ1) is 9.79. The molecule has 0 aliphatic carbocycles. The number of hydrogen-bond acceptors (Lipinski definition) is 2. The zero-order valence-corrected chi connectivity index (χ0v) is 12.9. The number of aryl methyl sites for hydroxylation is 1. The average Bonchev–Trinajstić information content (AvgIpc) is 2.82. The fourth-order valence-electron chi connectivity index (χ4n) is 2.35. The minimum absolute atomic E-state index is 0.773. The fraction of sp³-hybridized carbons (Fsp3) is 0.176. The Balaban J connectivity index is 1.85. The second-order valence-electron chi connectivity index (χ2n) is 4.70. The maximum Gasteiger partial charge on any atom is 0.0642 e. The molecule has 0 amide bonds. The van der Waals surface area contributed by atoms with Crippen molar-refractivity contribution in [3.63, 3.8) is 0 Å². The lowest BCUT2D eigenvalue weighted by Crippen LogP contribution is -2.00. The number of para-hydroxylation sites is 1. The van der Waals surface area contributed by atoms with Crippen molar-refractivity contribution in [3.05, 3.63) is 64.0 Å². The van der Waals surface area contributed by atoms with E-state index >= 15 is 0 Å². The molecular formula is C17H16ClNS. The van der Waals surface area contributed by atoms with Crippen LogP contribution in [-0.2, 0) is 13.0 Å². The Morgan fingerprint density at radius 1 is 1.05 bits per heavy atom. The predicted octanol–water partition coefficient (Wildman–Crippen LogP) is 5.73.